The first-order valence-corrected chi connectivity index (χ1v) is 3.98. The molecule has 0 radical (unpaired) electrons. The van der Waals surface area contributed by atoms with E-state index in [1.165, 1.54) is 18.2 Å². The van der Waals surface area contributed by atoms with Crippen LogP contribution in [0.25, 0.3) is 11.0 Å². The van der Waals surface area contributed by atoms with Crippen LogP contribution in [0.3, 0.4) is 0 Å². The van der Waals surface area contributed by atoms with Crippen LogP contribution < -0.4 is 0 Å². The number of rotatable bonds is 0. The Bertz CT molecular complexity index is 548. The lowest BCUT2D eigenvalue weighted by Crippen LogP contribution is -2.06. The molecular formula is C9H4F3N3. The zero-order chi connectivity index (χ0) is 11.1. The van der Waals surface area contributed by atoms with Gasteiger partial charge in [-0.2, -0.15) is 18.4 Å². The highest BCUT2D eigenvalue weighted by atomic mass is 19.4. The Balaban J connectivity index is 2.62. The van der Waals surface area contributed by atoms with E-state index in [2.05, 4.69) is 9.97 Å². The number of aromatic amines is 1. The number of nitrogens with zero attached hydrogens (tertiary/aromatic N) is 2. The summed E-state index contributed by atoms with van der Waals surface area (Å²) in [4.78, 5) is 5.50. The lowest BCUT2D eigenvalue weighted by molar-refractivity contribution is -0.144. The Morgan fingerprint density at radius 1 is 1.33 bits per heavy atom. The van der Waals surface area contributed by atoms with E-state index in [9.17, 15) is 13.2 Å². The molecule has 76 valence electrons. The molecule has 2 aromatic rings. The molecule has 6 heteroatoms. The summed E-state index contributed by atoms with van der Waals surface area (Å²) >= 11 is 0. The zero-order valence-electron chi connectivity index (χ0n) is 7.26. The van der Waals surface area contributed by atoms with Gasteiger partial charge in [0.25, 0.3) is 0 Å². The van der Waals surface area contributed by atoms with Crippen molar-refractivity contribution >= 4 is 11.0 Å². The van der Waals surface area contributed by atoms with Crippen molar-refractivity contribution in [2.45, 2.75) is 6.18 Å². The number of hydrogen-bond acceptors (Lipinski definition) is 2. The predicted molar refractivity (Wildman–Crippen MR) is 45.8 cm³/mol. The molecule has 1 aromatic heterocycles. The topological polar surface area (TPSA) is 52.5 Å². The fraction of sp³-hybridized carbons (Fsp3) is 0.111. The molecule has 0 amide bonds. The largest absolute Gasteiger partial charge is 0.449 e. The highest BCUT2D eigenvalue weighted by Gasteiger charge is 2.34. The summed E-state index contributed by atoms with van der Waals surface area (Å²) < 4.78 is 36.7. The van der Waals surface area contributed by atoms with Crippen LogP contribution in [0.4, 0.5) is 13.2 Å². The fourth-order valence-electron chi connectivity index (χ4n) is 1.21. The van der Waals surface area contributed by atoms with Gasteiger partial charge >= 0.3 is 6.18 Å². The molecule has 0 spiro atoms. The molecule has 1 N–H and O–H groups in total. The quantitative estimate of drug-likeness (QED) is 0.727. The summed E-state index contributed by atoms with van der Waals surface area (Å²) in [6, 6.07) is 5.97. The van der Waals surface area contributed by atoms with E-state index in [4.69, 9.17) is 5.26 Å². The van der Waals surface area contributed by atoms with Crippen LogP contribution in [0.15, 0.2) is 18.2 Å². The monoisotopic (exact) mass is 211 g/mol. The van der Waals surface area contributed by atoms with Gasteiger partial charge in [0.2, 0.25) is 5.82 Å². The number of imidazole rings is 1. The van der Waals surface area contributed by atoms with Crippen molar-refractivity contribution < 1.29 is 13.2 Å². The van der Waals surface area contributed by atoms with Crippen molar-refractivity contribution in [3.8, 4) is 6.07 Å². The summed E-state index contributed by atoms with van der Waals surface area (Å²) in [7, 11) is 0. The van der Waals surface area contributed by atoms with Crippen LogP contribution in [0.1, 0.15) is 11.4 Å². The number of nitrogens with one attached hydrogen (secondary N) is 1. The van der Waals surface area contributed by atoms with Crippen molar-refractivity contribution in [1.82, 2.24) is 9.97 Å². The van der Waals surface area contributed by atoms with E-state index in [1.54, 1.807) is 0 Å². The highest BCUT2D eigenvalue weighted by Crippen LogP contribution is 2.28. The van der Waals surface area contributed by atoms with Gasteiger partial charge in [-0.1, -0.05) is 0 Å². The minimum Gasteiger partial charge on any atom is -0.334 e. The number of alkyl halides is 3. The van der Waals surface area contributed by atoms with Crippen molar-refractivity contribution in [3.05, 3.63) is 29.6 Å². The molecule has 0 unspecified atom stereocenters. The van der Waals surface area contributed by atoms with Crippen LogP contribution in [-0.2, 0) is 6.18 Å². The number of nitriles is 1. The van der Waals surface area contributed by atoms with Gasteiger partial charge in [-0.05, 0) is 18.2 Å². The molecule has 3 nitrogen and oxygen atoms in total. The summed E-state index contributed by atoms with van der Waals surface area (Å²) in [5.41, 5.74) is 0.686. The molecule has 2 rings (SSSR count). The fourth-order valence-corrected chi connectivity index (χ4v) is 1.21. The second kappa shape index (κ2) is 2.98. The third kappa shape index (κ3) is 1.64. The molecule has 1 aromatic carbocycles. The summed E-state index contributed by atoms with van der Waals surface area (Å²) in [6.07, 6.45) is -4.49. The number of benzene rings is 1. The van der Waals surface area contributed by atoms with E-state index in [-0.39, 0.29) is 16.6 Å². The minimum atomic E-state index is -4.49. The average molecular weight is 211 g/mol. The standard InChI is InChI=1S/C9H4F3N3/c10-9(11,12)8-14-6-2-1-5(4-13)3-7(6)15-8/h1-3H,(H,14,15). The van der Waals surface area contributed by atoms with Gasteiger partial charge in [0.1, 0.15) is 0 Å². The van der Waals surface area contributed by atoms with Crippen LogP contribution in [0.2, 0.25) is 0 Å². The average Bonchev–Trinajstić information content (AvgIpc) is 2.59. The molecule has 0 atom stereocenters. The summed E-state index contributed by atoms with van der Waals surface area (Å²) in [5.74, 6) is -1.05. The first kappa shape index (κ1) is 9.52. The molecule has 0 fully saturated rings. The van der Waals surface area contributed by atoms with Crippen molar-refractivity contribution in [3.63, 3.8) is 0 Å². The normalized spacial score (nSPS) is 11.6. The third-order valence-corrected chi connectivity index (χ3v) is 1.88. The van der Waals surface area contributed by atoms with E-state index < -0.39 is 12.0 Å². The van der Waals surface area contributed by atoms with Gasteiger partial charge < -0.3 is 4.98 Å². The molecule has 0 aliphatic rings. The van der Waals surface area contributed by atoms with Crippen LogP contribution in [0, 0.1) is 11.3 Å². The Morgan fingerprint density at radius 2 is 2.07 bits per heavy atom. The number of halogens is 3. The molecule has 15 heavy (non-hydrogen) atoms. The number of H-pyrrole nitrogens is 1. The van der Waals surface area contributed by atoms with Crippen LogP contribution >= 0.6 is 0 Å². The van der Waals surface area contributed by atoms with Crippen LogP contribution in [0.5, 0.6) is 0 Å². The van der Waals surface area contributed by atoms with Gasteiger partial charge in [-0.15, -0.1) is 0 Å². The summed E-state index contributed by atoms with van der Waals surface area (Å²) in [6.45, 7) is 0. The Kier molecular flexibility index (Phi) is 1.89. The second-order valence-corrected chi connectivity index (χ2v) is 2.93. The van der Waals surface area contributed by atoms with Gasteiger partial charge in [0.05, 0.1) is 22.7 Å². The lowest BCUT2D eigenvalue weighted by atomic mass is 10.2. The lowest BCUT2D eigenvalue weighted by Gasteiger charge is -1.98. The van der Waals surface area contributed by atoms with Gasteiger partial charge in [0, 0.05) is 0 Å². The maximum Gasteiger partial charge on any atom is 0.449 e. The zero-order valence-corrected chi connectivity index (χ0v) is 7.26. The van der Waals surface area contributed by atoms with Crippen molar-refractivity contribution in [1.29, 1.82) is 5.26 Å². The number of aromatic nitrogens is 2. The van der Waals surface area contributed by atoms with Gasteiger partial charge in [0.15, 0.2) is 0 Å². The molecule has 1 heterocycles. The number of hydrogen-bond donors (Lipinski definition) is 1. The Labute approximate surface area is 82.2 Å². The SMILES string of the molecule is N#Cc1ccc2[nH]c(C(F)(F)F)nc2c1. The summed E-state index contributed by atoms with van der Waals surface area (Å²) in [5, 5.41) is 8.55. The van der Waals surface area contributed by atoms with E-state index >= 15 is 0 Å². The molecule has 0 aliphatic carbocycles. The first-order valence-electron chi connectivity index (χ1n) is 3.98. The third-order valence-electron chi connectivity index (χ3n) is 1.88. The van der Waals surface area contributed by atoms with Crippen molar-refractivity contribution in [2.75, 3.05) is 0 Å². The maximum atomic E-state index is 12.2. The smallest absolute Gasteiger partial charge is 0.334 e. The number of fused-ring (bicyclic) bond motifs is 1. The maximum absolute atomic E-state index is 12.2. The first-order chi connectivity index (χ1) is 7.00. The Hall–Kier alpha value is -2.03. The van der Waals surface area contributed by atoms with E-state index in [0.29, 0.717) is 0 Å². The van der Waals surface area contributed by atoms with Crippen LogP contribution in [-0.4, -0.2) is 9.97 Å². The second-order valence-electron chi connectivity index (χ2n) is 2.93. The van der Waals surface area contributed by atoms with Gasteiger partial charge in [-0.25, -0.2) is 4.98 Å². The highest BCUT2D eigenvalue weighted by molar-refractivity contribution is 5.76. The molecule has 0 bridgehead atoms. The molecular weight excluding hydrogens is 207 g/mol. The van der Waals surface area contributed by atoms with Crippen molar-refractivity contribution in [2.24, 2.45) is 0 Å². The predicted octanol–water partition coefficient (Wildman–Crippen LogP) is 2.45. The van der Waals surface area contributed by atoms with Gasteiger partial charge in [-0.3, -0.25) is 0 Å². The minimum absolute atomic E-state index is 0.140. The molecule has 0 aliphatic heterocycles. The van der Waals surface area contributed by atoms with E-state index in [0.717, 1.165) is 0 Å². The molecule has 0 saturated heterocycles. The Morgan fingerprint density at radius 3 is 2.67 bits per heavy atom. The van der Waals surface area contributed by atoms with E-state index in [1.807, 2.05) is 6.07 Å². The molecule has 0 saturated carbocycles.